The number of aromatic nitrogens is 1. The highest BCUT2D eigenvalue weighted by Crippen LogP contribution is 2.34. The van der Waals surface area contributed by atoms with E-state index in [9.17, 15) is 0 Å². The summed E-state index contributed by atoms with van der Waals surface area (Å²) in [5, 5.41) is 3.48. The molecule has 1 unspecified atom stereocenters. The van der Waals surface area contributed by atoms with Gasteiger partial charge >= 0.3 is 0 Å². The minimum absolute atomic E-state index is 0.363. The van der Waals surface area contributed by atoms with Crippen molar-refractivity contribution in [1.29, 1.82) is 0 Å². The van der Waals surface area contributed by atoms with Gasteiger partial charge in [-0.3, -0.25) is 0 Å². The first-order valence-corrected chi connectivity index (χ1v) is 6.97. The van der Waals surface area contributed by atoms with Crippen LogP contribution >= 0.6 is 0 Å². The van der Waals surface area contributed by atoms with Crippen molar-refractivity contribution in [2.24, 2.45) is 5.41 Å². The van der Waals surface area contributed by atoms with Gasteiger partial charge in [0.15, 0.2) is 0 Å². The highest BCUT2D eigenvalue weighted by Gasteiger charge is 2.31. The van der Waals surface area contributed by atoms with Gasteiger partial charge in [-0.25, -0.2) is 4.98 Å². The number of anilines is 1. The Bertz CT molecular complexity index is 400. The lowest BCUT2D eigenvalue weighted by molar-refractivity contribution is 0.418. The molecular formula is C15H25N3. The lowest BCUT2D eigenvalue weighted by atomic mass is 9.93. The summed E-state index contributed by atoms with van der Waals surface area (Å²) in [5.41, 5.74) is 1.73. The molecule has 2 rings (SSSR count). The normalized spacial score (nSPS) is 20.1. The maximum atomic E-state index is 4.62. The van der Waals surface area contributed by atoms with Gasteiger partial charge in [-0.05, 0) is 31.4 Å². The van der Waals surface area contributed by atoms with Crippen LogP contribution in [0, 0.1) is 5.41 Å². The van der Waals surface area contributed by atoms with Crippen LogP contribution in [0.1, 0.15) is 45.7 Å². The van der Waals surface area contributed by atoms with Crippen molar-refractivity contribution in [2.45, 2.75) is 40.2 Å². The van der Waals surface area contributed by atoms with Gasteiger partial charge in [-0.15, -0.1) is 0 Å². The van der Waals surface area contributed by atoms with Crippen LogP contribution in [0.5, 0.6) is 0 Å². The summed E-state index contributed by atoms with van der Waals surface area (Å²) in [6, 6.07) is 4.59. The summed E-state index contributed by atoms with van der Waals surface area (Å²) in [7, 11) is 0. The van der Waals surface area contributed by atoms with Crippen molar-refractivity contribution in [2.75, 3.05) is 24.5 Å². The molecule has 0 radical (unpaired) electrons. The lowest BCUT2D eigenvalue weighted by Crippen LogP contribution is -2.27. The Balaban J connectivity index is 2.23. The molecule has 1 aliphatic rings. The fourth-order valence-electron chi connectivity index (χ4n) is 2.72. The number of rotatable bonds is 4. The lowest BCUT2D eigenvalue weighted by Gasteiger charge is -2.25. The van der Waals surface area contributed by atoms with Crippen LogP contribution in [-0.4, -0.2) is 24.6 Å². The van der Waals surface area contributed by atoms with E-state index in [1.165, 1.54) is 12.0 Å². The highest BCUT2D eigenvalue weighted by molar-refractivity contribution is 5.49. The Labute approximate surface area is 111 Å². The molecule has 1 aliphatic heterocycles. The zero-order valence-electron chi connectivity index (χ0n) is 12.0. The topological polar surface area (TPSA) is 28.2 Å². The van der Waals surface area contributed by atoms with Crippen LogP contribution in [0.2, 0.25) is 0 Å². The van der Waals surface area contributed by atoms with Crippen LogP contribution < -0.4 is 10.2 Å². The van der Waals surface area contributed by atoms with E-state index in [2.05, 4.69) is 49.0 Å². The van der Waals surface area contributed by atoms with E-state index in [0.29, 0.717) is 11.5 Å². The summed E-state index contributed by atoms with van der Waals surface area (Å²) in [4.78, 5) is 7.05. The predicted octanol–water partition coefficient (Wildman–Crippen LogP) is 2.99. The van der Waals surface area contributed by atoms with E-state index in [1.54, 1.807) is 0 Å². The maximum Gasteiger partial charge on any atom is 0.133 e. The van der Waals surface area contributed by atoms with E-state index in [0.717, 1.165) is 25.5 Å². The molecule has 2 heterocycles. The molecule has 0 aromatic carbocycles. The van der Waals surface area contributed by atoms with Crippen LogP contribution in [-0.2, 0) is 0 Å². The van der Waals surface area contributed by atoms with Gasteiger partial charge in [0.05, 0.1) is 0 Å². The Morgan fingerprint density at radius 2 is 2.28 bits per heavy atom. The fraction of sp³-hybridized carbons (Fsp3) is 0.667. The number of nitrogens with zero attached hydrogens (tertiary/aromatic N) is 2. The second-order valence-corrected chi connectivity index (χ2v) is 6.03. The molecule has 1 N–H and O–H groups in total. The first-order valence-electron chi connectivity index (χ1n) is 6.97. The predicted molar refractivity (Wildman–Crippen MR) is 76.9 cm³/mol. The van der Waals surface area contributed by atoms with E-state index < -0.39 is 0 Å². The Kier molecular flexibility index (Phi) is 3.91. The number of pyridine rings is 1. The number of hydrogen-bond donors (Lipinski definition) is 1. The molecule has 0 bridgehead atoms. The van der Waals surface area contributed by atoms with Crippen LogP contribution in [0.4, 0.5) is 5.82 Å². The molecule has 0 amide bonds. The zero-order valence-corrected chi connectivity index (χ0v) is 12.0. The SMILES string of the molecule is CCNC(C)c1cccnc1N1CCC(C)(C)C1. The summed E-state index contributed by atoms with van der Waals surface area (Å²) in [6.07, 6.45) is 3.15. The van der Waals surface area contributed by atoms with Crippen molar-refractivity contribution in [1.82, 2.24) is 10.3 Å². The second-order valence-electron chi connectivity index (χ2n) is 6.03. The van der Waals surface area contributed by atoms with Crippen molar-refractivity contribution < 1.29 is 0 Å². The van der Waals surface area contributed by atoms with E-state index >= 15 is 0 Å². The van der Waals surface area contributed by atoms with Crippen LogP contribution in [0.15, 0.2) is 18.3 Å². The molecule has 3 heteroatoms. The molecule has 1 aromatic heterocycles. The monoisotopic (exact) mass is 247 g/mol. The first-order chi connectivity index (χ1) is 8.53. The average molecular weight is 247 g/mol. The minimum atomic E-state index is 0.363. The van der Waals surface area contributed by atoms with Crippen molar-refractivity contribution in [3.63, 3.8) is 0 Å². The number of hydrogen-bond acceptors (Lipinski definition) is 3. The van der Waals surface area contributed by atoms with Gasteiger partial charge < -0.3 is 10.2 Å². The summed E-state index contributed by atoms with van der Waals surface area (Å²) in [6.45, 7) is 12.2. The van der Waals surface area contributed by atoms with Gasteiger partial charge in [0.2, 0.25) is 0 Å². The molecule has 1 saturated heterocycles. The molecule has 1 aromatic rings. The standard InChI is InChI=1S/C15H25N3/c1-5-16-12(2)13-7-6-9-17-14(13)18-10-8-15(3,4)11-18/h6-7,9,12,16H,5,8,10-11H2,1-4H3. The third kappa shape index (κ3) is 2.83. The molecule has 100 valence electrons. The molecule has 0 aliphatic carbocycles. The largest absolute Gasteiger partial charge is 0.356 e. The Morgan fingerprint density at radius 1 is 1.50 bits per heavy atom. The molecule has 3 nitrogen and oxygen atoms in total. The Hall–Kier alpha value is -1.09. The average Bonchev–Trinajstić information content (AvgIpc) is 2.70. The quantitative estimate of drug-likeness (QED) is 0.886. The van der Waals surface area contributed by atoms with E-state index in [4.69, 9.17) is 0 Å². The van der Waals surface area contributed by atoms with E-state index in [1.807, 2.05) is 12.3 Å². The zero-order chi connectivity index (χ0) is 13.2. The van der Waals surface area contributed by atoms with Gasteiger partial charge in [0.25, 0.3) is 0 Å². The molecule has 0 saturated carbocycles. The van der Waals surface area contributed by atoms with Gasteiger partial charge in [0, 0.05) is 30.9 Å². The molecule has 1 fully saturated rings. The van der Waals surface area contributed by atoms with Crippen LogP contribution in [0.25, 0.3) is 0 Å². The van der Waals surface area contributed by atoms with Crippen molar-refractivity contribution in [3.8, 4) is 0 Å². The van der Waals surface area contributed by atoms with Gasteiger partial charge in [-0.2, -0.15) is 0 Å². The maximum absolute atomic E-state index is 4.62. The van der Waals surface area contributed by atoms with Gasteiger partial charge in [-0.1, -0.05) is 26.8 Å². The summed E-state index contributed by atoms with van der Waals surface area (Å²) in [5.74, 6) is 1.16. The molecule has 0 spiro atoms. The summed E-state index contributed by atoms with van der Waals surface area (Å²) < 4.78 is 0. The minimum Gasteiger partial charge on any atom is -0.356 e. The summed E-state index contributed by atoms with van der Waals surface area (Å²) >= 11 is 0. The molecule has 1 atom stereocenters. The van der Waals surface area contributed by atoms with E-state index in [-0.39, 0.29) is 0 Å². The van der Waals surface area contributed by atoms with Crippen molar-refractivity contribution in [3.05, 3.63) is 23.9 Å². The first kappa shape index (κ1) is 13.3. The third-order valence-electron chi connectivity index (χ3n) is 3.77. The number of nitrogens with one attached hydrogen (secondary N) is 1. The molecular weight excluding hydrogens is 222 g/mol. The van der Waals surface area contributed by atoms with Gasteiger partial charge in [0.1, 0.15) is 5.82 Å². The second kappa shape index (κ2) is 5.27. The fourth-order valence-corrected chi connectivity index (χ4v) is 2.72. The van der Waals surface area contributed by atoms with Crippen LogP contribution in [0.3, 0.4) is 0 Å². The smallest absolute Gasteiger partial charge is 0.133 e. The van der Waals surface area contributed by atoms with Crippen molar-refractivity contribution >= 4 is 5.82 Å². The Morgan fingerprint density at radius 3 is 2.89 bits per heavy atom. The highest BCUT2D eigenvalue weighted by atomic mass is 15.2. The molecule has 18 heavy (non-hydrogen) atoms. The third-order valence-corrected chi connectivity index (χ3v) is 3.77.